The van der Waals surface area contributed by atoms with Crippen LogP contribution in [0.5, 0.6) is 23.0 Å². The summed E-state index contributed by atoms with van der Waals surface area (Å²) in [4.78, 5) is 28.7. The summed E-state index contributed by atoms with van der Waals surface area (Å²) >= 11 is 1.34. The molecular weight excluding hydrogens is 482 g/mol. The van der Waals surface area contributed by atoms with Crippen molar-refractivity contribution in [2.75, 3.05) is 19.0 Å². The number of nitrogens with zero attached hydrogens (tertiary/aromatic N) is 2. The molecule has 180 valence electrons. The number of methoxy groups -OCH3 is 1. The van der Waals surface area contributed by atoms with E-state index in [1.54, 1.807) is 31.4 Å². The van der Waals surface area contributed by atoms with Crippen molar-refractivity contribution in [3.8, 4) is 29.1 Å². The summed E-state index contributed by atoms with van der Waals surface area (Å²) in [6.07, 6.45) is 0.335. The first-order valence-electron chi connectivity index (χ1n) is 10.9. The van der Waals surface area contributed by atoms with E-state index in [4.69, 9.17) is 14.2 Å². The number of fused-ring (bicyclic) bond motifs is 2. The van der Waals surface area contributed by atoms with Crippen LogP contribution >= 0.6 is 11.3 Å². The van der Waals surface area contributed by atoms with Crippen molar-refractivity contribution in [3.63, 3.8) is 0 Å². The van der Waals surface area contributed by atoms with Gasteiger partial charge in [0.25, 0.3) is 5.91 Å². The van der Waals surface area contributed by atoms with Crippen LogP contribution in [0.2, 0.25) is 0 Å². The van der Waals surface area contributed by atoms with E-state index in [-0.39, 0.29) is 23.8 Å². The van der Waals surface area contributed by atoms with Crippen LogP contribution in [0.25, 0.3) is 10.2 Å². The molecule has 0 saturated heterocycles. The van der Waals surface area contributed by atoms with Gasteiger partial charge in [-0.2, -0.15) is 5.26 Å². The van der Waals surface area contributed by atoms with E-state index in [1.165, 1.54) is 23.5 Å². The summed E-state index contributed by atoms with van der Waals surface area (Å²) < 4.78 is 17.6. The van der Waals surface area contributed by atoms with Gasteiger partial charge in [0.2, 0.25) is 0 Å². The molecule has 0 fully saturated rings. The molecule has 3 aromatic carbocycles. The molecule has 1 aromatic heterocycles. The molecule has 1 aliphatic rings. The monoisotopic (exact) mass is 501 g/mol. The molecule has 2 heterocycles. The second-order valence-corrected chi connectivity index (χ2v) is 8.99. The zero-order valence-electron chi connectivity index (χ0n) is 19.0. The Morgan fingerprint density at radius 3 is 2.67 bits per heavy atom. The van der Waals surface area contributed by atoms with Crippen LogP contribution in [0.1, 0.15) is 33.8 Å². The number of hydrogen-bond acceptors (Lipinski definition) is 8. The number of nitriles is 1. The number of carboxylic acids is 1. The maximum absolute atomic E-state index is 12.7. The zero-order valence-corrected chi connectivity index (χ0v) is 19.8. The van der Waals surface area contributed by atoms with Crippen molar-refractivity contribution in [1.82, 2.24) is 4.98 Å². The molecule has 0 aliphatic carbocycles. The third-order valence-corrected chi connectivity index (χ3v) is 6.66. The van der Waals surface area contributed by atoms with E-state index in [1.807, 2.05) is 24.3 Å². The van der Waals surface area contributed by atoms with Gasteiger partial charge in [0.15, 0.2) is 5.13 Å². The molecule has 9 nitrogen and oxygen atoms in total. The minimum atomic E-state index is -0.962. The average molecular weight is 502 g/mol. The van der Waals surface area contributed by atoms with Gasteiger partial charge < -0.3 is 19.3 Å². The molecule has 1 amide bonds. The third kappa shape index (κ3) is 4.52. The van der Waals surface area contributed by atoms with Crippen LogP contribution in [-0.2, 0) is 4.79 Å². The van der Waals surface area contributed by atoms with E-state index in [0.29, 0.717) is 39.9 Å². The maximum Gasteiger partial charge on any atom is 0.311 e. The van der Waals surface area contributed by atoms with Crippen LogP contribution in [0.15, 0.2) is 54.6 Å². The lowest BCUT2D eigenvalue weighted by molar-refractivity contribution is -0.139. The Balaban J connectivity index is 1.32. The summed E-state index contributed by atoms with van der Waals surface area (Å²) in [5.74, 6) is -0.280. The maximum atomic E-state index is 12.7. The minimum Gasteiger partial charge on any atom is -0.497 e. The van der Waals surface area contributed by atoms with Gasteiger partial charge in [-0.15, -0.1) is 0 Å². The Morgan fingerprint density at radius 2 is 1.94 bits per heavy atom. The molecule has 10 heteroatoms. The molecular formula is C26H19N3O6S. The van der Waals surface area contributed by atoms with Crippen molar-refractivity contribution in [2.45, 2.75) is 12.3 Å². The number of rotatable bonds is 6. The standard InChI is InChI=1S/C26H19N3O6S/c1-33-17-6-7-20-23(11-17)36-26(28-20)29-24(30)14-2-4-16(5-3-14)35-21-12-22-19(10-15(21)13-27)18(25(31)32)8-9-34-22/h2-7,10-12,18H,8-9H2,1H3,(H,31,32)(H,28,29,30). The Kier molecular flexibility index (Phi) is 6.14. The number of ether oxygens (including phenoxy) is 3. The van der Waals surface area contributed by atoms with Crippen LogP contribution in [0.4, 0.5) is 5.13 Å². The smallest absolute Gasteiger partial charge is 0.311 e. The molecule has 1 unspecified atom stereocenters. The first kappa shape index (κ1) is 23.1. The van der Waals surface area contributed by atoms with E-state index in [2.05, 4.69) is 10.3 Å². The quantitative estimate of drug-likeness (QED) is 0.370. The molecule has 1 atom stereocenters. The lowest BCUT2D eigenvalue weighted by atomic mass is 9.91. The predicted octanol–water partition coefficient (Wildman–Crippen LogP) is 5.17. The van der Waals surface area contributed by atoms with Crippen molar-refractivity contribution in [2.24, 2.45) is 0 Å². The van der Waals surface area contributed by atoms with Gasteiger partial charge in [-0.05, 0) is 55.0 Å². The van der Waals surface area contributed by atoms with E-state index in [9.17, 15) is 20.0 Å². The molecule has 1 aliphatic heterocycles. The van der Waals surface area contributed by atoms with Crippen molar-refractivity contribution >= 4 is 38.6 Å². The highest BCUT2D eigenvalue weighted by Crippen LogP contribution is 2.39. The number of thiazole rings is 1. The van der Waals surface area contributed by atoms with Gasteiger partial charge in [0.1, 0.15) is 29.1 Å². The number of hydrogen-bond donors (Lipinski definition) is 2. The number of amides is 1. The summed E-state index contributed by atoms with van der Waals surface area (Å²) in [7, 11) is 1.59. The van der Waals surface area contributed by atoms with Crippen molar-refractivity contribution in [3.05, 3.63) is 71.3 Å². The second-order valence-electron chi connectivity index (χ2n) is 7.96. The molecule has 0 saturated carbocycles. The molecule has 0 spiro atoms. The summed E-state index contributed by atoms with van der Waals surface area (Å²) in [5, 5.41) is 22.3. The van der Waals surface area contributed by atoms with Gasteiger partial charge in [-0.25, -0.2) is 4.98 Å². The number of anilines is 1. The van der Waals surface area contributed by atoms with E-state index in [0.717, 1.165) is 10.2 Å². The van der Waals surface area contributed by atoms with E-state index >= 15 is 0 Å². The molecule has 0 bridgehead atoms. The molecule has 4 aromatic rings. The fraction of sp³-hybridized carbons (Fsp3) is 0.154. The summed E-state index contributed by atoms with van der Waals surface area (Å²) in [6.45, 7) is 0.265. The SMILES string of the molecule is COc1ccc2nc(NC(=O)c3ccc(Oc4cc5c(cc4C#N)C(C(=O)O)CCO5)cc3)sc2c1. The summed E-state index contributed by atoms with van der Waals surface area (Å²) in [6, 6.07) is 17.0. The summed E-state index contributed by atoms with van der Waals surface area (Å²) in [5.41, 5.74) is 1.81. The normalized spacial score (nSPS) is 14.3. The van der Waals surface area contributed by atoms with E-state index < -0.39 is 11.9 Å². The topological polar surface area (TPSA) is 131 Å². The van der Waals surface area contributed by atoms with Crippen molar-refractivity contribution in [1.29, 1.82) is 5.26 Å². The molecule has 36 heavy (non-hydrogen) atoms. The largest absolute Gasteiger partial charge is 0.497 e. The van der Waals surface area contributed by atoms with Crippen molar-refractivity contribution < 1.29 is 28.9 Å². The molecule has 0 radical (unpaired) electrons. The highest BCUT2D eigenvalue weighted by Gasteiger charge is 2.29. The van der Waals surface area contributed by atoms with Gasteiger partial charge in [-0.1, -0.05) is 11.3 Å². The van der Waals surface area contributed by atoms with Gasteiger partial charge >= 0.3 is 5.97 Å². The number of nitrogens with one attached hydrogen (secondary N) is 1. The highest BCUT2D eigenvalue weighted by atomic mass is 32.1. The first-order chi connectivity index (χ1) is 17.4. The van der Waals surface area contributed by atoms with Crippen LogP contribution in [-0.4, -0.2) is 35.7 Å². The highest BCUT2D eigenvalue weighted by molar-refractivity contribution is 7.22. The fourth-order valence-electron chi connectivity index (χ4n) is 3.90. The van der Waals surface area contributed by atoms with Gasteiger partial charge in [0, 0.05) is 17.2 Å². The van der Waals surface area contributed by atoms with Crippen LogP contribution in [0, 0.1) is 11.3 Å². The minimum absolute atomic E-state index is 0.194. The number of carbonyl (C=O) groups excluding carboxylic acids is 1. The first-order valence-corrected chi connectivity index (χ1v) is 11.7. The Morgan fingerprint density at radius 1 is 1.17 bits per heavy atom. The molecule has 5 rings (SSSR count). The Hall–Kier alpha value is -4.62. The fourth-order valence-corrected chi connectivity index (χ4v) is 4.79. The third-order valence-electron chi connectivity index (χ3n) is 5.73. The average Bonchev–Trinajstić information content (AvgIpc) is 3.29. The second kappa shape index (κ2) is 9.56. The molecule has 2 N–H and O–H groups in total. The Bertz CT molecular complexity index is 1520. The van der Waals surface area contributed by atoms with Crippen LogP contribution in [0.3, 0.4) is 0 Å². The van der Waals surface area contributed by atoms with Crippen LogP contribution < -0.4 is 19.5 Å². The number of carbonyl (C=O) groups is 2. The lowest BCUT2D eigenvalue weighted by Gasteiger charge is -2.24. The number of benzene rings is 3. The van der Waals surface area contributed by atoms with Gasteiger partial charge in [0.05, 0.1) is 35.4 Å². The lowest BCUT2D eigenvalue weighted by Crippen LogP contribution is -2.21. The number of carboxylic acid groups (broad SMARTS) is 1. The zero-order chi connectivity index (χ0) is 25.2. The number of aliphatic carboxylic acids is 1. The van der Waals surface area contributed by atoms with Gasteiger partial charge in [-0.3, -0.25) is 14.9 Å². The number of aromatic nitrogens is 1. The Labute approximate surface area is 209 Å². The predicted molar refractivity (Wildman–Crippen MR) is 132 cm³/mol.